The first-order chi connectivity index (χ1) is 9.49. The summed E-state index contributed by atoms with van der Waals surface area (Å²) >= 11 is 0. The molecule has 2 N–H and O–H groups in total. The Morgan fingerprint density at radius 2 is 2.00 bits per heavy atom. The van der Waals surface area contributed by atoms with Crippen molar-refractivity contribution in [3.8, 4) is 0 Å². The molecular formula is C13H21N5O2. The van der Waals surface area contributed by atoms with E-state index in [2.05, 4.69) is 5.10 Å². The lowest BCUT2D eigenvalue weighted by Gasteiger charge is -2.36. The molecule has 1 fully saturated rings. The number of hydrogen-bond donors (Lipinski definition) is 1. The van der Waals surface area contributed by atoms with Gasteiger partial charge in [0.2, 0.25) is 0 Å². The van der Waals surface area contributed by atoms with Gasteiger partial charge in [-0.1, -0.05) is 0 Å². The lowest BCUT2D eigenvalue weighted by Crippen LogP contribution is -2.56. The maximum absolute atomic E-state index is 12.0. The highest BCUT2D eigenvalue weighted by Gasteiger charge is 2.33. The summed E-state index contributed by atoms with van der Waals surface area (Å²) in [6.07, 6.45) is 2.56. The average molecular weight is 279 g/mol. The molecule has 2 heterocycles. The first-order valence-corrected chi connectivity index (χ1v) is 6.88. The highest BCUT2D eigenvalue weighted by molar-refractivity contribution is 6.35. The van der Waals surface area contributed by atoms with Crippen LogP contribution in [0.3, 0.4) is 0 Å². The minimum absolute atomic E-state index is 0.0700. The Labute approximate surface area is 118 Å². The van der Waals surface area contributed by atoms with Crippen LogP contribution in [-0.2, 0) is 16.1 Å². The van der Waals surface area contributed by atoms with E-state index in [1.54, 1.807) is 26.7 Å². The summed E-state index contributed by atoms with van der Waals surface area (Å²) in [5.74, 6) is -0.304. The highest BCUT2D eigenvalue weighted by atomic mass is 16.2. The Hall–Kier alpha value is -2.05. The first-order valence-electron chi connectivity index (χ1n) is 6.88. The second-order valence-electron chi connectivity index (χ2n) is 5.24. The fourth-order valence-electron chi connectivity index (χ4n) is 2.32. The predicted octanol–water partition coefficient (Wildman–Crippen LogP) is -0.0654. The van der Waals surface area contributed by atoms with Gasteiger partial charge in [-0.2, -0.15) is 5.10 Å². The molecule has 110 valence electrons. The van der Waals surface area contributed by atoms with Gasteiger partial charge in [0.25, 0.3) is 0 Å². The predicted molar refractivity (Wildman–Crippen MR) is 74.7 cm³/mol. The molecule has 0 spiro atoms. The van der Waals surface area contributed by atoms with Gasteiger partial charge in [-0.15, -0.1) is 0 Å². The summed E-state index contributed by atoms with van der Waals surface area (Å²) in [7, 11) is 0. The minimum Gasteiger partial charge on any atom is -0.382 e. The van der Waals surface area contributed by atoms with Gasteiger partial charge in [-0.05, 0) is 26.3 Å². The quantitative estimate of drug-likeness (QED) is 0.765. The lowest BCUT2D eigenvalue weighted by molar-refractivity contribution is -0.157. The molecule has 1 saturated heterocycles. The Bertz CT molecular complexity index is 497. The van der Waals surface area contributed by atoms with E-state index in [0.29, 0.717) is 32.0 Å². The number of carbonyl (C=O) groups is 2. The Morgan fingerprint density at radius 1 is 1.25 bits per heavy atom. The number of amides is 2. The van der Waals surface area contributed by atoms with Crippen LogP contribution >= 0.6 is 0 Å². The molecule has 0 aromatic carbocycles. The summed E-state index contributed by atoms with van der Waals surface area (Å²) in [6, 6.07) is 1.80. The SMILES string of the molecule is CC(C)N1CCN(CCCn2ccc(N)n2)C(=O)C1=O. The normalized spacial score (nSPS) is 16.4. The van der Waals surface area contributed by atoms with E-state index in [4.69, 9.17) is 5.73 Å². The fraction of sp³-hybridized carbons (Fsp3) is 0.615. The van der Waals surface area contributed by atoms with E-state index < -0.39 is 11.8 Å². The number of anilines is 1. The topological polar surface area (TPSA) is 84.5 Å². The van der Waals surface area contributed by atoms with Gasteiger partial charge in [-0.3, -0.25) is 14.3 Å². The fourth-order valence-corrected chi connectivity index (χ4v) is 2.32. The lowest BCUT2D eigenvalue weighted by atomic mass is 10.2. The smallest absolute Gasteiger partial charge is 0.312 e. The maximum atomic E-state index is 12.0. The molecule has 0 atom stereocenters. The monoisotopic (exact) mass is 279 g/mol. The molecule has 1 aliphatic heterocycles. The van der Waals surface area contributed by atoms with Gasteiger partial charge in [0.05, 0.1) is 0 Å². The number of nitrogen functional groups attached to an aromatic ring is 1. The maximum Gasteiger partial charge on any atom is 0.312 e. The van der Waals surface area contributed by atoms with Crippen molar-refractivity contribution in [1.29, 1.82) is 0 Å². The molecule has 0 unspecified atom stereocenters. The van der Waals surface area contributed by atoms with Crippen LogP contribution < -0.4 is 5.73 Å². The van der Waals surface area contributed by atoms with E-state index in [9.17, 15) is 9.59 Å². The summed E-state index contributed by atoms with van der Waals surface area (Å²) in [5.41, 5.74) is 5.53. The summed E-state index contributed by atoms with van der Waals surface area (Å²) in [6.45, 7) is 6.30. The second-order valence-corrected chi connectivity index (χ2v) is 5.24. The van der Waals surface area contributed by atoms with Crippen molar-refractivity contribution >= 4 is 17.6 Å². The van der Waals surface area contributed by atoms with E-state index in [0.717, 1.165) is 6.42 Å². The zero-order chi connectivity index (χ0) is 14.7. The number of aromatic nitrogens is 2. The van der Waals surface area contributed by atoms with E-state index >= 15 is 0 Å². The van der Waals surface area contributed by atoms with Crippen LogP contribution in [0.5, 0.6) is 0 Å². The third-order valence-electron chi connectivity index (χ3n) is 3.44. The van der Waals surface area contributed by atoms with Crippen molar-refractivity contribution in [1.82, 2.24) is 19.6 Å². The van der Waals surface area contributed by atoms with E-state index in [1.165, 1.54) is 0 Å². The molecule has 20 heavy (non-hydrogen) atoms. The van der Waals surface area contributed by atoms with Gasteiger partial charge in [-0.25, -0.2) is 0 Å². The number of rotatable bonds is 5. The Kier molecular flexibility index (Phi) is 4.26. The van der Waals surface area contributed by atoms with Gasteiger partial charge in [0.15, 0.2) is 0 Å². The third kappa shape index (κ3) is 3.09. The molecule has 0 radical (unpaired) electrons. The van der Waals surface area contributed by atoms with Crippen molar-refractivity contribution in [3.63, 3.8) is 0 Å². The summed E-state index contributed by atoms with van der Waals surface area (Å²) in [5, 5.41) is 4.08. The molecule has 2 rings (SSSR count). The molecular weight excluding hydrogens is 258 g/mol. The summed E-state index contributed by atoms with van der Waals surface area (Å²) < 4.78 is 1.74. The number of nitrogens with two attached hydrogens (primary N) is 1. The number of aryl methyl sites for hydroxylation is 1. The zero-order valence-electron chi connectivity index (χ0n) is 12.0. The van der Waals surface area contributed by atoms with Crippen LogP contribution in [0.2, 0.25) is 0 Å². The second kappa shape index (κ2) is 5.94. The van der Waals surface area contributed by atoms with Crippen LogP contribution in [0.15, 0.2) is 12.3 Å². The van der Waals surface area contributed by atoms with Crippen LogP contribution in [0.4, 0.5) is 5.82 Å². The van der Waals surface area contributed by atoms with Crippen LogP contribution in [0.25, 0.3) is 0 Å². The third-order valence-corrected chi connectivity index (χ3v) is 3.44. The largest absolute Gasteiger partial charge is 0.382 e. The van der Waals surface area contributed by atoms with Gasteiger partial charge < -0.3 is 15.5 Å². The van der Waals surface area contributed by atoms with Gasteiger partial charge in [0, 0.05) is 38.4 Å². The molecule has 7 heteroatoms. The number of nitrogens with zero attached hydrogens (tertiary/aromatic N) is 4. The average Bonchev–Trinajstić information content (AvgIpc) is 2.80. The Balaban J connectivity index is 1.82. The van der Waals surface area contributed by atoms with Gasteiger partial charge in [0.1, 0.15) is 5.82 Å². The highest BCUT2D eigenvalue weighted by Crippen LogP contribution is 2.09. The molecule has 7 nitrogen and oxygen atoms in total. The summed E-state index contributed by atoms with van der Waals surface area (Å²) in [4.78, 5) is 27.1. The van der Waals surface area contributed by atoms with Crippen molar-refractivity contribution in [3.05, 3.63) is 12.3 Å². The molecule has 0 aliphatic carbocycles. The van der Waals surface area contributed by atoms with E-state index in [-0.39, 0.29) is 6.04 Å². The molecule has 1 aromatic rings. The molecule has 1 aromatic heterocycles. The molecule has 0 saturated carbocycles. The number of hydrogen-bond acceptors (Lipinski definition) is 4. The zero-order valence-corrected chi connectivity index (χ0v) is 12.0. The molecule has 0 bridgehead atoms. The van der Waals surface area contributed by atoms with Crippen molar-refractivity contribution in [2.45, 2.75) is 32.9 Å². The first kappa shape index (κ1) is 14.4. The van der Waals surface area contributed by atoms with E-state index in [1.807, 2.05) is 13.8 Å². The van der Waals surface area contributed by atoms with Crippen molar-refractivity contribution in [2.75, 3.05) is 25.4 Å². The minimum atomic E-state index is -0.398. The van der Waals surface area contributed by atoms with Gasteiger partial charge >= 0.3 is 11.8 Å². The molecule has 2 amide bonds. The van der Waals surface area contributed by atoms with Crippen molar-refractivity contribution in [2.24, 2.45) is 0 Å². The van der Waals surface area contributed by atoms with Crippen LogP contribution in [0.1, 0.15) is 20.3 Å². The van der Waals surface area contributed by atoms with Crippen LogP contribution in [0, 0.1) is 0 Å². The number of carbonyl (C=O) groups excluding carboxylic acids is 2. The van der Waals surface area contributed by atoms with Crippen LogP contribution in [-0.4, -0.2) is 57.1 Å². The standard InChI is InChI=1S/C13H21N5O2/c1-10(2)18-9-8-16(12(19)13(18)20)5-3-6-17-7-4-11(14)15-17/h4,7,10H,3,5-6,8-9H2,1-2H3,(H2,14,15). The Morgan fingerprint density at radius 3 is 2.60 bits per heavy atom. The number of piperazine rings is 1. The van der Waals surface area contributed by atoms with Crippen molar-refractivity contribution < 1.29 is 9.59 Å². The molecule has 1 aliphatic rings.